The highest BCUT2D eigenvalue weighted by atomic mass is 32.1. The van der Waals surface area contributed by atoms with Crippen LogP contribution in [0.15, 0.2) is 23.8 Å². The topological polar surface area (TPSA) is 63.5 Å². The van der Waals surface area contributed by atoms with Crippen molar-refractivity contribution in [3.63, 3.8) is 0 Å². The number of hydrogen-bond donors (Lipinski definition) is 0. The van der Waals surface area contributed by atoms with Crippen molar-refractivity contribution in [2.24, 2.45) is 0 Å². The van der Waals surface area contributed by atoms with Gasteiger partial charge in [-0.3, -0.25) is 14.4 Å². The fourth-order valence-corrected chi connectivity index (χ4v) is 3.22. The molecule has 0 aromatic carbocycles. The lowest BCUT2D eigenvalue weighted by molar-refractivity contribution is -0.136. The summed E-state index contributed by atoms with van der Waals surface area (Å²) in [6.07, 6.45) is 3.57. The number of nitrogens with zero attached hydrogens (tertiary/aromatic N) is 5. The Hall–Kier alpha value is -1.77. The maximum absolute atomic E-state index is 11.8. The van der Waals surface area contributed by atoms with E-state index in [4.69, 9.17) is 4.74 Å². The van der Waals surface area contributed by atoms with Gasteiger partial charge in [0.05, 0.1) is 24.9 Å². The van der Waals surface area contributed by atoms with Crippen LogP contribution in [0.1, 0.15) is 10.7 Å². The highest BCUT2D eigenvalue weighted by molar-refractivity contribution is 7.09. The molecule has 1 amide bonds. The Balaban J connectivity index is 1.68. The van der Waals surface area contributed by atoms with Crippen LogP contribution >= 0.6 is 11.3 Å². The van der Waals surface area contributed by atoms with Crippen molar-refractivity contribution in [3.8, 4) is 0 Å². The zero-order valence-electron chi connectivity index (χ0n) is 13.4. The second-order valence-electron chi connectivity index (χ2n) is 5.82. The standard InChI is InChI=1S/C15H21N5O2S/c1-18(2)15(21)11-22-13-8-19(10-14-16-5-6-23-14)7-12-3-4-17-20(12)9-13/h3-6,13H,7-11H2,1-2H3/t13-/m1/s1. The normalized spacial score (nSPS) is 18.4. The third-order valence-corrected chi connectivity index (χ3v) is 4.58. The minimum Gasteiger partial charge on any atom is -0.365 e. The second kappa shape index (κ2) is 7.20. The molecule has 0 saturated carbocycles. The SMILES string of the molecule is CN(C)C(=O)CO[C@@H]1CN(Cc2nccs2)Cc2ccnn2C1. The van der Waals surface area contributed by atoms with E-state index >= 15 is 0 Å². The monoisotopic (exact) mass is 335 g/mol. The Bertz CT molecular complexity index is 640. The van der Waals surface area contributed by atoms with Crippen LogP contribution in [0.2, 0.25) is 0 Å². The highest BCUT2D eigenvalue weighted by Gasteiger charge is 2.24. The lowest BCUT2D eigenvalue weighted by atomic mass is 10.3. The van der Waals surface area contributed by atoms with Crippen LogP contribution in [0.25, 0.3) is 0 Å². The van der Waals surface area contributed by atoms with Crippen LogP contribution in [-0.4, -0.2) is 63.8 Å². The van der Waals surface area contributed by atoms with Gasteiger partial charge in [0.15, 0.2) is 0 Å². The minimum absolute atomic E-state index is 0.0265. The molecule has 0 spiro atoms. The third-order valence-electron chi connectivity index (χ3n) is 3.81. The van der Waals surface area contributed by atoms with Crippen molar-refractivity contribution >= 4 is 17.2 Å². The summed E-state index contributed by atoms with van der Waals surface area (Å²) in [5, 5.41) is 7.43. The van der Waals surface area contributed by atoms with Gasteiger partial charge in [0.2, 0.25) is 5.91 Å². The molecule has 0 bridgehead atoms. The van der Waals surface area contributed by atoms with Crippen LogP contribution in [0.3, 0.4) is 0 Å². The Morgan fingerprint density at radius 1 is 1.43 bits per heavy atom. The van der Waals surface area contributed by atoms with E-state index in [2.05, 4.69) is 15.0 Å². The molecular weight excluding hydrogens is 314 g/mol. The number of aromatic nitrogens is 3. The van der Waals surface area contributed by atoms with Crippen molar-refractivity contribution in [2.75, 3.05) is 27.2 Å². The molecule has 1 aliphatic rings. The van der Waals surface area contributed by atoms with Gasteiger partial charge in [-0.15, -0.1) is 11.3 Å². The molecule has 3 rings (SSSR count). The van der Waals surface area contributed by atoms with E-state index in [1.165, 1.54) is 0 Å². The van der Waals surface area contributed by atoms with Crippen molar-refractivity contribution in [1.82, 2.24) is 24.6 Å². The van der Waals surface area contributed by atoms with Crippen molar-refractivity contribution < 1.29 is 9.53 Å². The molecule has 1 aliphatic heterocycles. The number of amides is 1. The second-order valence-corrected chi connectivity index (χ2v) is 6.80. The molecule has 2 aromatic rings. The molecule has 0 aliphatic carbocycles. The Morgan fingerprint density at radius 3 is 3.04 bits per heavy atom. The molecule has 7 nitrogen and oxygen atoms in total. The van der Waals surface area contributed by atoms with Gasteiger partial charge >= 0.3 is 0 Å². The van der Waals surface area contributed by atoms with Gasteiger partial charge in [-0.25, -0.2) is 4.98 Å². The summed E-state index contributed by atoms with van der Waals surface area (Å²) >= 11 is 1.65. The Morgan fingerprint density at radius 2 is 2.30 bits per heavy atom. The zero-order valence-corrected chi connectivity index (χ0v) is 14.2. The molecule has 0 radical (unpaired) electrons. The highest BCUT2D eigenvalue weighted by Crippen LogP contribution is 2.17. The molecule has 3 heterocycles. The van der Waals surface area contributed by atoms with Gasteiger partial charge in [-0.2, -0.15) is 5.10 Å². The number of ether oxygens (including phenoxy) is 1. The van der Waals surface area contributed by atoms with Crippen LogP contribution in [0.4, 0.5) is 0 Å². The maximum atomic E-state index is 11.8. The maximum Gasteiger partial charge on any atom is 0.248 e. The molecule has 0 fully saturated rings. The van der Waals surface area contributed by atoms with E-state index in [9.17, 15) is 4.79 Å². The fourth-order valence-electron chi connectivity index (χ4n) is 2.56. The van der Waals surface area contributed by atoms with E-state index in [1.54, 1.807) is 30.3 Å². The minimum atomic E-state index is -0.0694. The predicted molar refractivity (Wildman–Crippen MR) is 86.9 cm³/mol. The van der Waals surface area contributed by atoms with Crippen molar-refractivity contribution in [2.45, 2.75) is 25.7 Å². The molecule has 0 N–H and O–H groups in total. The summed E-state index contributed by atoms with van der Waals surface area (Å²) in [6, 6.07) is 2.03. The summed E-state index contributed by atoms with van der Waals surface area (Å²) in [7, 11) is 3.47. The van der Waals surface area contributed by atoms with E-state index in [1.807, 2.05) is 28.5 Å². The first-order valence-electron chi connectivity index (χ1n) is 7.55. The quantitative estimate of drug-likeness (QED) is 0.810. The molecular formula is C15H21N5O2S. The van der Waals surface area contributed by atoms with E-state index in [0.717, 1.165) is 30.3 Å². The fraction of sp³-hybridized carbons (Fsp3) is 0.533. The van der Waals surface area contributed by atoms with Crippen molar-refractivity contribution in [1.29, 1.82) is 0 Å². The summed E-state index contributed by atoms with van der Waals surface area (Å²) in [5.41, 5.74) is 1.16. The zero-order chi connectivity index (χ0) is 16.2. The number of rotatable bonds is 5. The number of likely N-dealkylation sites (N-methyl/N-ethyl adjacent to an activating group) is 1. The molecule has 0 saturated heterocycles. The Labute approximate surface area is 139 Å². The number of carbonyl (C=O) groups excluding carboxylic acids is 1. The van der Waals surface area contributed by atoms with Gasteiger partial charge in [-0.05, 0) is 6.07 Å². The van der Waals surface area contributed by atoms with Gasteiger partial charge in [-0.1, -0.05) is 0 Å². The largest absolute Gasteiger partial charge is 0.365 e. The van der Waals surface area contributed by atoms with Gasteiger partial charge < -0.3 is 9.64 Å². The van der Waals surface area contributed by atoms with Crippen LogP contribution in [-0.2, 0) is 29.2 Å². The third kappa shape index (κ3) is 4.15. The van der Waals surface area contributed by atoms with E-state index in [0.29, 0.717) is 6.54 Å². The lowest BCUT2D eigenvalue weighted by Gasteiger charge is -2.23. The van der Waals surface area contributed by atoms with Gasteiger partial charge in [0.25, 0.3) is 0 Å². The number of fused-ring (bicyclic) bond motifs is 1. The average Bonchev–Trinajstić information content (AvgIpc) is 3.14. The van der Waals surface area contributed by atoms with Gasteiger partial charge in [0, 0.05) is 45.0 Å². The lowest BCUT2D eigenvalue weighted by Crippen LogP contribution is -2.36. The summed E-state index contributed by atoms with van der Waals surface area (Å²) < 4.78 is 7.82. The number of hydrogen-bond acceptors (Lipinski definition) is 6. The summed E-state index contributed by atoms with van der Waals surface area (Å²) in [5.74, 6) is -0.0265. The molecule has 2 aromatic heterocycles. The van der Waals surface area contributed by atoms with Crippen LogP contribution in [0, 0.1) is 0 Å². The average molecular weight is 335 g/mol. The molecule has 0 unspecified atom stereocenters. The predicted octanol–water partition coefficient (Wildman–Crippen LogP) is 0.829. The first-order valence-corrected chi connectivity index (χ1v) is 8.43. The molecule has 8 heteroatoms. The number of thiazole rings is 1. The van der Waals surface area contributed by atoms with Gasteiger partial charge in [0.1, 0.15) is 11.6 Å². The first-order chi connectivity index (χ1) is 11.1. The smallest absolute Gasteiger partial charge is 0.248 e. The van der Waals surface area contributed by atoms with Crippen molar-refractivity contribution in [3.05, 3.63) is 34.5 Å². The molecule has 23 heavy (non-hydrogen) atoms. The Kier molecular flexibility index (Phi) is 5.04. The molecule has 124 valence electrons. The molecule has 1 atom stereocenters. The first kappa shape index (κ1) is 16.1. The van der Waals surface area contributed by atoms with Crippen LogP contribution in [0.5, 0.6) is 0 Å². The summed E-state index contributed by atoms with van der Waals surface area (Å²) in [6.45, 7) is 3.10. The number of carbonyl (C=O) groups is 1. The van der Waals surface area contributed by atoms with E-state index in [-0.39, 0.29) is 18.6 Å². The summed E-state index contributed by atoms with van der Waals surface area (Å²) in [4.78, 5) is 20.0. The van der Waals surface area contributed by atoms with Crippen LogP contribution < -0.4 is 0 Å². The van der Waals surface area contributed by atoms with E-state index < -0.39 is 0 Å².